The number of hydrogen-bond acceptors (Lipinski definition) is 2. The van der Waals surface area contributed by atoms with Gasteiger partial charge in [-0.15, -0.1) is 0 Å². The van der Waals surface area contributed by atoms with Crippen LogP contribution in [0.5, 0.6) is 0 Å². The third kappa shape index (κ3) is 4.96. The Bertz CT molecular complexity index is 276. The number of hydrogen-bond donors (Lipinski definition) is 1. The summed E-state index contributed by atoms with van der Waals surface area (Å²) in [5.74, 6) is 0. The molecule has 0 amide bonds. The molecule has 0 spiro atoms. The fourth-order valence-electron chi connectivity index (χ4n) is 1.55. The second-order valence-electron chi connectivity index (χ2n) is 4.78. The average molecular weight is 207 g/mol. The van der Waals surface area contributed by atoms with Crippen molar-refractivity contribution in [3.05, 3.63) is 35.9 Å². The van der Waals surface area contributed by atoms with Crippen molar-refractivity contribution in [3.63, 3.8) is 0 Å². The summed E-state index contributed by atoms with van der Waals surface area (Å²) < 4.78 is 5.87. The Morgan fingerprint density at radius 3 is 2.27 bits per heavy atom. The van der Waals surface area contributed by atoms with Crippen LogP contribution in [-0.4, -0.2) is 18.2 Å². The van der Waals surface area contributed by atoms with E-state index >= 15 is 0 Å². The van der Waals surface area contributed by atoms with Gasteiger partial charge in [0.15, 0.2) is 0 Å². The largest absolute Gasteiger partial charge is 0.371 e. The van der Waals surface area contributed by atoms with Crippen LogP contribution in [0.4, 0.5) is 0 Å². The lowest BCUT2D eigenvalue weighted by molar-refractivity contribution is -0.0546. The molecular weight excluding hydrogens is 186 g/mol. The van der Waals surface area contributed by atoms with Crippen molar-refractivity contribution < 1.29 is 4.74 Å². The van der Waals surface area contributed by atoms with Gasteiger partial charge in [-0.25, -0.2) is 0 Å². The van der Waals surface area contributed by atoms with Gasteiger partial charge in [-0.2, -0.15) is 0 Å². The summed E-state index contributed by atoms with van der Waals surface area (Å²) in [6.07, 6.45) is 0.988. The molecule has 0 radical (unpaired) electrons. The van der Waals surface area contributed by atoms with Crippen LogP contribution in [0, 0.1) is 0 Å². The molecule has 0 aliphatic heterocycles. The van der Waals surface area contributed by atoms with Gasteiger partial charge in [-0.3, -0.25) is 0 Å². The second kappa shape index (κ2) is 5.29. The molecule has 1 atom stereocenters. The van der Waals surface area contributed by atoms with Crippen LogP contribution in [-0.2, 0) is 11.2 Å². The highest BCUT2D eigenvalue weighted by atomic mass is 16.5. The van der Waals surface area contributed by atoms with Gasteiger partial charge in [-0.1, -0.05) is 30.3 Å². The molecule has 84 valence electrons. The lowest BCUT2D eigenvalue weighted by Gasteiger charge is -2.26. The van der Waals surface area contributed by atoms with E-state index in [0.717, 1.165) is 6.42 Å². The van der Waals surface area contributed by atoms with Gasteiger partial charge in [-0.05, 0) is 32.8 Å². The highest BCUT2D eigenvalue weighted by molar-refractivity contribution is 5.15. The zero-order valence-corrected chi connectivity index (χ0v) is 9.86. The van der Waals surface area contributed by atoms with Gasteiger partial charge in [0.25, 0.3) is 0 Å². The molecule has 1 unspecified atom stereocenters. The molecule has 0 bridgehead atoms. The molecule has 1 aromatic rings. The molecule has 1 aromatic carbocycles. The van der Waals surface area contributed by atoms with E-state index in [-0.39, 0.29) is 11.7 Å². The van der Waals surface area contributed by atoms with Crippen LogP contribution in [0.2, 0.25) is 0 Å². The first-order valence-corrected chi connectivity index (χ1v) is 5.43. The zero-order chi connectivity index (χ0) is 11.3. The number of rotatable bonds is 4. The number of ether oxygens (including phenoxy) is 1. The molecule has 0 saturated carbocycles. The van der Waals surface area contributed by atoms with Crippen LogP contribution >= 0.6 is 0 Å². The molecule has 0 fully saturated rings. The van der Waals surface area contributed by atoms with Gasteiger partial charge < -0.3 is 10.5 Å². The molecule has 1 rings (SSSR count). The van der Waals surface area contributed by atoms with E-state index in [1.54, 1.807) is 0 Å². The standard InChI is InChI=1S/C13H21NO/c1-13(2,3)15-12(10-14)9-11-7-5-4-6-8-11/h4-8,12H,9-10,14H2,1-3H3. The van der Waals surface area contributed by atoms with E-state index in [0.29, 0.717) is 6.54 Å². The van der Waals surface area contributed by atoms with E-state index in [4.69, 9.17) is 10.5 Å². The second-order valence-corrected chi connectivity index (χ2v) is 4.78. The summed E-state index contributed by atoms with van der Waals surface area (Å²) in [5, 5.41) is 0. The maximum atomic E-state index is 5.87. The summed E-state index contributed by atoms with van der Waals surface area (Å²) in [5.41, 5.74) is 6.85. The number of nitrogens with two attached hydrogens (primary N) is 1. The van der Waals surface area contributed by atoms with E-state index < -0.39 is 0 Å². The Hall–Kier alpha value is -0.860. The van der Waals surface area contributed by atoms with Gasteiger partial charge in [0.05, 0.1) is 11.7 Å². The van der Waals surface area contributed by atoms with E-state index in [2.05, 4.69) is 32.9 Å². The summed E-state index contributed by atoms with van der Waals surface area (Å²) in [7, 11) is 0. The molecule has 15 heavy (non-hydrogen) atoms. The third-order valence-electron chi connectivity index (χ3n) is 2.09. The summed E-state index contributed by atoms with van der Waals surface area (Å²) in [6.45, 7) is 6.73. The minimum Gasteiger partial charge on any atom is -0.371 e. The lowest BCUT2D eigenvalue weighted by atomic mass is 10.1. The van der Waals surface area contributed by atoms with Crippen molar-refractivity contribution in [1.82, 2.24) is 0 Å². The fraction of sp³-hybridized carbons (Fsp3) is 0.538. The molecule has 0 aliphatic carbocycles. The van der Waals surface area contributed by atoms with Crippen LogP contribution < -0.4 is 5.73 Å². The molecular formula is C13H21NO. The third-order valence-corrected chi connectivity index (χ3v) is 2.09. The smallest absolute Gasteiger partial charge is 0.0744 e. The van der Waals surface area contributed by atoms with Gasteiger partial charge >= 0.3 is 0 Å². The first-order chi connectivity index (χ1) is 7.01. The number of benzene rings is 1. The Morgan fingerprint density at radius 2 is 1.80 bits per heavy atom. The normalized spacial score (nSPS) is 13.9. The predicted octanol–water partition coefficient (Wildman–Crippen LogP) is 2.37. The Morgan fingerprint density at radius 1 is 1.20 bits per heavy atom. The van der Waals surface area contributed by atoms with E-state index in [9.17, 15) is 0 Å². The van der Waals surface area contributed by atoms with Crippen LogP contribution in [0.3, 0.4) is 0 Å². The monoisotopic (exact) mass is 207 g/mol. The molecule has 0 heterocycles. The molecule has 0 saturated heterocycles. The van der Waals surface area contributed by atoms with Gasteiger partial charge in [0.2, 0.25) is 0 Å². The fourth-order valence-corrected chi connectivity index (χ4v) is 1.55. The zero-order valence-electron chi connectivity index (χ0n) is 9.86. The highest BCUT2D eigenvalue weighted by Gasteiger charge is 2.17. The van der Waals surface area contributed by atoms with Gasteiger partial charge in [0.1, 0.15) is 0 Å². The van der Waals surface area contributed by atoms with Crippen LogP contribution in [0.15, 0.2) is 30.3 Å². The van der Waals surface area contributed by atoms with Crippen LogP contribution in [0.25, 0.3) is 0 Å². The maximum Gasteiger partial charge on any atom is 0.0744 e. The quantitative estimate of drug-likeness (QED) is 0.822. The first-order valence-electron chi connectivity index (χ1n) is 5.43. The average Bonchev–Trinajstić information content (AvgIpc) is 2.16. The molecule has 2 nitrogen and oxygen atoms in total. The van der Waals surface area contributed by atoms with Crippen molar-refractivity contribution >= 4 is 0 Å². The topological polar surface area (TPSA) is 35.2 Å². The SMILES string of the molecule is CC(C)(C)OC(CN)Cc1ccccc1. The predicted molar refractivity (Wildman–Crippen MR) is 63.8 cm³/mol. The summed E-state index contributed by atoms with van der Waals surface area (Å²) >= 11 is 0. The Labute approximate surface area is 92.4 Å². The highest BCUT2D eigenvalue weighted by Crippen LogP contribution is 2.13. The minimum atomic E-state index is -0.126. The van der Waals surface area contributed by atoms with Crippen molar-refractivity contribution in [3.8, 4) is 0 Å². The van der Waals surface area contributed by atoms with Crippen molar-refractivity contribution in [2.24, 2.45) is 5.73 Å². The van der Waals surface area contributed by atoms with E-state index in [1.165, 1.54) is 5.56 Å². The minimum absolute atomic E-state index is 0.104. The lowest BCUT2D eigenvalue weighted by Crippen LogP contribution is -2.34. The van der Waals surface area contributed by atoms with Crippen molar-refractivity contribution in [2.75, 3.05) is 6.54 Å². The maximum absolute atomic E-state index is 5.87. The van der Waals surface area contributed by atoms with E-state index in [1.807, 2.05) is 18.2 Å². The summed E-state index contributed by atoms with van der Waals surface area (Å²) in [4.78, 5) is 0. The van der Waals surface area contributed by atoms with Crippen molar-refractivity contribution in [1.29, 1.82) is 0 Å². The first kappa shape index (κ1) is 12.2. The molecule has 2 N–H and O–H groups in total. The summed E-state index contributed by atoms with van der Waals surface area (Å²) in [6, 6.07) is 10.3. The molecule has 2 heteroatoms. The Kier molecular flexibility index (Phi) is 4.30. The van der Waals surface area contributed by atoms with Gasteiger partial charge in [0, 0.05) is 6.54 Å². The van der Waals surface area contributed by atoms with Crippen molar-refractivity contribution in [2.45, 2.75) is 38.9 Å². The van der Waals surface area contributed by atoms with Crippen LogP contribution in [0.1, 0.15) is 26.3 Å². The molecule has 0 aliphatic rings. The Balaban J connectivity index is 2.55. The molecule has 0 aromatic heterocycles.